The summed E-state index contributed by atoms with van der Waals surface area (Å²) < 4.78 is 26.4. The van der Waals surface area contributed by atoms with Crippen LogP contribution in [-0.4, -0.2) is 25.5 Å². The van der Waals surface area contributed by atoms with E-state index >= 15 is 0 Å². The van der Waals surface area contributed by atoms with Crippen LogP contribution in [-0.2, 0) is 14.8 Å². The third-order valence-corrected chi connectivity index (χ3v) is 5.02. The van der Waals surface area contributed by atoms with Gasteiger partial charge in [0.05, 0.1) is 10.0 Å². The molecule has 0 heterocycles. The van der Waals surface area contributed by atoms with Gasteiger partial charge in [-0.05, 0) is 18.6 Å². The van der Waals surface area contributed by atoms with Gasteiger partial charge in [-0.2, -0.15) is 4.72 Å². The quantitative estimate of drug-likeness (QED) is 0.816. The molecule has 0 fully saturated rings. The summed E-state index contributed by atoms with van der Waals surface area (Å²) in [4.78, 5) is 10.6. The zero-order chi connectivity index (χ0) is 15.5. The first-order chi connectivity index (χ1) is 9.19. The monoisotopic (exact) mass is 359 g/mol. The average molecular weight is 361 g/mol. The van der Waals surface area contributed by atoms with Crippen LogP contribution in [0, 0.1) is 0 Å². The Morgan fingerprint density at radius 3 is 2.20 bits per heavy atom. The van der Waals surface area contributed by atoms with E-state index in [1.165, 1.54) is 12.1 Å². The fourth-order valence-corrected chi connectivity index (χ4v) is 4.32. The van der Waals surface area contributed by atoms with E-state index in [2.05, 4.69) is 4.72 Å². The van der Waals surface area contributed by atoms with Gasteiger partial charge in [0.25, 0.3) is 0 Å². The highest BCUT2D eigenvalue weighted by atomic mass is 35.5. The summed E-state index contributed by atoms with van der Waals surface area (Å²) in [7, 11) is -4.16. The van der Waals surface area contributed by atoms with E-state index in [0.29, 0.717) is 6.42 Å². The van der Waals surface area contributed by atoms with E-state index in [1.54, 1.807) is 6.92 Å². The standard InChI is InChI=1S/C11H12Cl3NO4S/c1-2-3-9(11(16)17)15-20(18,19)10-7(13)4-6(12)5-8(10)14/h4-5,9,15H,2-3H2,1H3,(H,16,17). The molecule has 9 heteroatoms. The van der Waals surface area contributed by atoms with Gasteiger partial charge in [-0.15, -0.1) is 0 Å². The first kappa shape index (κ1) is 17.5. The molecule has 1 atom stereocenters. The SMILES string of the molecule is CCCC(NS(=O)(=O)c1c(Cl)cc(Cl)cc1Cl)C(=O)O. The van der Waals surface area contributed by atoms with E-state index in [4.69, 9.17) is 39.9 Å². The van der Waals surface area contributed by atoms with Gasteiger partial charge in [0.15, 0.2) is 0 Å². The number of hydrogen-bond donors (Lipinski definition) is 2. The fraction of sp³-hybridized carbons (Fsp3) is 0.364. The average Bonchev–Trinajstić information content (AvgIpc) is 2.25. The molecule has 0 aliphatic heterocycles. The van der Waals surface area contributed by atoms with Gasteiger partial charge in [-0.3, -0.25) is 4.79 Å². The maximum atomic E-state index is 12.2. The van der Waals surface area contributed by atoms with Gasteiger partial charge in [0.2, 0.25) is 10.0 Å². The minimum atomic E-state index is -4.16. The number of benzene rings is 1. The van der Waals surface area contributed by atoms with Crippen molar-refractivity contribution in [3.8, 4) is 0 Å². The number of rotatable bonds is 6. The molecule has 0 aromatic heterocycles. The van der Waals surface area contributed by atoms with Gasteiger partial charge < -0.3 is 5.11 Å². The molecule has 0 spiro atoms. The number of carboxylic acid groups (broad SMARTS) is 1. The van der Waals surface area contributed by atoms with Gasteiger partial charge in [-0.25, -0.2) is 8.42 Å². The molecule has 1 unspecified atom stereocenters. The number of nitrogens with one attached hydrogen (secondary N) is 1. The predicted octanol–water partition coefficient (Wildman–Crippen LogP) is 3.18. The largest absolute Gasteiger partial charge is 0.480 e. The molecule has 2 N–H and O–H groups in total. The lowest BCUT2D eigenvalue weighted by Crippen LogP contribution is -2.40. The van der Waals surface area contributed by atoms with Crippen molar-refractivity contribution in [2.24, 2.45) is 0 Å². The summed E-state index contributed by atoms with van der Waals surface area (Å²) in [6.07, 6.45) is 0.652. The van der Waals surface area contributed by atoms with Gasteiger partial charge in [-0.1, -0.05) is 48.1 Å². The first-order valence-corrected chi connectivity index (χ1v) is 8.20. The maximum Gasteiger partial charge on any atom is 0.321 e. The fourth-order valence-electron chi connectivity index (χ4n) is 1.55. The second-order valence-electron chi connectivity index (χ2n) is 4.00. The summed E-state index contributed by atoms with van der Waals surface area (Å²) in [5.41, 5.74) is 0. The minimum Gasteiger partial charge on any atom is -0.480 e. The molecular formula is C11H12Cl3NO4S. The highest BCUT2D eigenvalue weighted by molar-refractivity contribution is 7.89. The van der Waals surface area contributed by atoms with Crippen molar-refractivity contribution in [1.82, 2.24) is 4.72 Å². The normalized spacial score (nSPS) is 13.2. The molecule has 0 radical (unpaired) electrons. The number of sulfonamides is 1. The second-order valence-corrected chi connectivity index (χ2v) is 6.90. The van der Waals surface area contributed by atoms with Crippen LogP contribution < -0.4 is 4.72 Å². The van der Waals surface area contributed by atoms with Crippen LogP contribution >= 0.6 is 34.8 Å². The number of aliphatic carboxylic acids is 1. The van der Waals surface area contributed by atoms with Crippen molar-refractivity contribution >= 4 is 50.8 Å². The van der Waals surface area contributed by atoms with E-state index in [1.807, 2.05) is 0 Å². The molecule has 0 saturated carbocycles. The Kier molecular flexibility index (Phi) is 6.09. The van der Waals surface area contributed by atoms with Gasteiger partial charge in [0, 0.05) is 5.02 Å². The Morgan fingerprint density at radius 1 is 1.30 bits per heavy atom. The molecule has 5 nitrogen and oxygen atoms in total. The molecule has 0 amide bonds. The Labute approximate surface area is 131 Å². The highest BCUT2D eigenvalue weighted by Gasteiger charge is 2.28. The number of carboxylic acids is 1. The highest BCUT2D eigenvalue weighted by Crippen LogP contribution is 2.32. The topological polar surface area (TPSA) is 83.5 Å². The van der Waals surface area contributed by atoms with Crippen LogP contribution in [0.25, 0.3) is 0 Å². The summed E-state index contributed by atoms with van der Waals surface area (Å²) >= 11 is 17.3. The summed E-state index contributed by atoms with van der Waals surface area (Å²) in [5, 5.41) is 8.82. The summed E-state index contributed by atoms with van der Waals surface area (Å²) in [6, 6.07) is 1.20. The van der Waals surface area contributed by atoms with Crippen molar-refractivity contribution in [2.75, 3.05) is 0 Å². The van der Waals surface area contributed by atoms with Crippen molar-refractivity contribution in [3.63, 3.8) is 0 Å². The minimum absolute atomic E-state index is 0.150. The lowest BCUT2D eigenvalue weighted by Gasteiger charge is -2.15. The molecule has 0 aliphatic rings. The van der Waals surface area contributed by atoms with Gasteiger partial charge in [0.1, 0.15) is 10.9 Å². The lowest BCUT2D eigenvalue weighted by atomic mass is 10.2. The van der Waals surface area contributed by atoms with E-state index < -0.39 is 22.0 Å². The van der Waals surface area contributed by atoms with E-state index in [0.717, 1.165) is 0 Å². The third kappa shape index (κ3) is 4.23. The number of halogens is 3. The van der Waals surface area contributed by atoms with E-state index in [9.17, 15) is 13.2 Å². The summed E-state index contributed by atoms with van der Waals surface area (Å²) in [5.74, 6) is -1.27. The first-order valence-electron chi connectivity index (χ1n) is 5.58. The van der Waals surface area contributed by atoms with Crippen molar-refractivity contribution in [2.45, 2.75) is 30.7 Å². The van der Waals surface area contributed by atoms with Crippen molar-refractivity contribution < 1.29 is 18.3 Å². The molecule has 1 aromatic carbocycles. The Bertz CT molecular complexity index is 595. The molecule has 20 heavy (non-hydrogen) atoms. The third-order valence-electron chi connectivity index (χ3n) is 2.40. The van der Waals surface area contributed by atoms with Gasteiger partial charge >= 0.3 is 5.97 Å². The Balaban J connectivity index is 3.20. The number of hydrogen-bond acceptors (Lipinski definition) is 3. The molecule has 0 aliphatic carbocycles. The lowest BCUT2D eigenvalue weighted by molar-refractivity contribution is -0.139. The molecule has 0 bridgehead atoms. The van der Waals surface area contributed by atoms with Crippen LogP contribution in [0.3, 0.4) is 0 Å². The van der Waals surface area contributed by atoms with Crippen molar-refractivity contribution in [1.29, 1.82) is 0 Å². The van der Waals surface area contributed by atoms with E-state index in [-0.39, 0.29) is 26.4 Å². The molecular weight excluding hydrogens is 349 g/mol. The van der Waals surface area contributed by atoms with Crippen molar-refractivity contribution in [3.05, 3.63) is 27.2 Å². The molecule has 0 saturated heterocycles. The van der Waals surface area contributed by atoms with Crippen LogP contribution in [0.2, 0.25) is 15.1 Å². The molecule has 112 valence electrons. The number of carbonyl (C=O) groups is 1. The Morgan fingerprint density at radius 2 is 1.80 bits per heavy atom. The summed E-state index contributed by atoms with van der Waals surface area (Å²) in [6.45, 7) is 1.74. The second kappa shape index (κ2) is 6.95. The molecule has 1 aromatic rings. The van der Waals surface area contributed by atoms with Crippen LogP contribution in [0.5, 0.6) is 0 Å². The predicted molar refractivity (Wildman–Crippen MR) is 78.1 cm³/mol. The van der Waals surface area contributed by atoms with Crippen LogP contribution in [0.1, 0.15) is 19.8 Å². The van der Waals surface area contributed by atoms with Crippen LogP contribution in [0.15, 0.2) is 17.0 Å². The smallest absolute Gasteiger partial charge is 0.321 e. The Hall–Kier alpha value is -0.530. The van der Waals surface area contributed by atoms with Crippen LogP contribution in [0.4, 0.5) is 0 Å². The molecule has 1 rings (SSSR count). The zero-order valence-electron chi connectivity index (χ0n) is 10.4. The zero-order valence-corrected chi connectivity index (χ0v) is 13.4. The maximum absolute atomic E-state index is 12.2.